The van der Waals surface area contributed by atoms with Gasteiger partial charge in [-0.1, -0.05) is 18.2 Å². The zero-order valence-electron chi connectivity index (χ0n) is 20.8. The molecule has 0 aromatic heterocycles. The van der Waals surface area contributed by atoms with E-state index in [0.717, 1.165) is 56.9 Å². The molecule has 2 fully saturated rings. The molecule has 0 heterocycles. The second kappa shape index (κ2) is 12.3. The first kappa shape index (κ1) is 26.0. The fraction of sp³-hybridized carbons (Fsp3) is 0.586. The second-order valence-corrected chi connectivity index (χ2v) is 9.78. The smallest absolute Gasteiger partial charge is 0.165 e. The largest absolute Gasteiger partial charge is 0.491 e. The van der Waals surface area contributed by atoms with Crippen molar-refractivity contribution in [3.63, 3.8) is 0 Å². The van der Waals surface area contributed by atoms with Gasteiger partial charge in [0, 0.05) is 12.2 Å². The minimum absolute atomic E-state index is 0.00484. The van der Waals surface area contributed by atoms with Crippen LogP contribution in [0.5, 0.6) is 5.75 Å². The van der Waals surface area contributed by atoms with E-state index in [1.54, 1.807) is 24.3 Å². The normalized spacial score (nSPS) is 24.9. The summed E-state index contributed by atoms with van der Waals surface area (Å²) in [6, 6.07) is 8.61. The van der Waals surface area contributed by atoms with Crippen LogP contribution in [0.25, 0.3) is 0 Å². The third-order valence-corrected chi connectivity index (χ3v) is 7.58. The van der Waals surface area contributed by atoms with E-state index in [0.29, 0.717) is 18.8 Å². The number of hydrogen-bond acceptors (Lipinski definition) is 3. The summed E-state index contributed by atoms with van der Waals surface area (Å²) in [4.78, 5) is 0. The van der Waals surface area contributed by atoms with Crippen molar-refractivity contribution in [1.82, 2.24) is 0 Å². The van der Waals surface area contributed by atoms with Crippen molar-refractivity contribution in [2.24, 2.45) is 0 Å². The molecule has 6 heteroatoms. The average molecular weight is 491 g/mol. The van der Waals surface area contributed by atoms with Crippen LogP contribution < -0.4 is 4.74 Å². The lowest BCUT2D eigenvalue weighted by molar-refractivity contribution is 0.0118. The van der Waals surface area contributed by atoms with E-state index in [-0.39, 0.29) is 47.8 Å². The molecule has 0 atom stereocenters. The van der Waals surface area contributed by atoms with Crippen LogP contribution in [0.2, 0.25) is 0 Å². The van der Waals surface area contributed by atoms with Crippen LogP contribution in [0.3, 0.4) is 0 Å². The summed E-state index contributed by atoms with van der Waals surface area (Å²) < 4.78 is 60.9. The highest BCUT2D eigenvalue weighted by atomic mass is 19.2. The predicted molar refractivity (Wildman–Crippen MR) is 130 cm³/mol. The topological polar surface area (TPSA) is 27.7 Å². The predicted octanol–water partition coefficient (Wildman–Crippen LogP) is 7.81. The molecule has 2 saturated carbocycles. The second-order valence-electron chi connectivity index (χ2n) is 9.78. The molecule has 0 radical (unpaired) electrons. The maximum absolute atomic E-state index is 14.9. The highest BCUT2D eigenvalue weighted by molar-refractivity contribution is 5.32. The lowest BCUT2D eigenvalue weighted by atomic mass is 9.82. The van der Waals surface area contributed by atoms with E-state index in [1.165, 1.54) is 0 Å². The Labute approximate surface area is 207 Å². The molecule has 4 rings (SSSR count). The molecule has 3 nitrogen and oxygen atoms in total. The van der Waals surface area contributed by atoms with Gasteiger partial charge in [-0.05, 0) is 100 Å². The Hall–Kier alpha value is -2.05. The van der Waals surface area contributed by atoms with Crippen molar-refractivity contribution in [2.75, 3.05) is 13.2 Å². The molecule has 2 aromatic carbocycles. The quantitative estimate of drug-likeness (QED) is 0.359. The van der Waals surface area contributed by atoms with Gasteiger partial charge in [-0.15, -0.1) is 0 Å². The summed E-state index contributed by atoms with van der Waals surface area (Å²) in [6.07, 6.45) is 7.01. The van der Waals surface area contributed by atoms with Crippen LogP contribution in [0, 0.1) is 17.5 Å². The number of benzene rings is 2. The van der Waals surface area contributed by atoms with Crippen LogP contribution >= 0.6 is 0 Å². The molecule has 0 bridgehead atoms. The van der Waals surface area contributed by atoms with Crippen molar-refractivity contribution in [2.45, 2.75) is 95.9 Å². The highest BCUT2D eigenvalue weighted by Crippen LogP contribution is 2.38. The lowest BCUT2D eigenvalue weighted by Gasteiger charge is -2.30. The van der Waals surface area contributed by atoms with Crippen LogP contribution in [-0.4, -0.2) is 25.4 Å². The lowest BCUT2D eigenvalue weighted by Crippen LogP contribution is -2.22. The molecule has 0 amide bonds. The van der Waals surface area contributed by atoms with Crippen LogP contribution in [0.1, 0.15) is 93.7 Å². The molecule has 0 N–H and O–H groups in total. The summed E-state index contributed by atoms with van der Waals surface area (Å²) in [6.45, 7) is 5.00. The summed E-state index contributed by atoms with van der Waals surface area (Å²) >= 11 is 0. The first-order chi connectivity index (χ1) is 17.0. The van der Waals surface area contributed by atoms with Crippen LogP contribution in [0.15, 0.2) is 30.3 Å². The van der Waals surface area contributed by atoms with Gasteiger partial charge in [0.15, 0.2) is 23.2 Å². The zero-order valence-corrected chi connectivity index (χ0v) is 20.8. The Bertz CT molecular complexity index is 964. The molecule has 0 spiro atoms. The Morgan fingerprint density at radius 2 is 1.37 bits per heavy atom. The van der Waals surface area contributed by atoms with E-state index in [4.69, 9.17) is 14.2 Å². The summed E-state index contributed by atoms with van der Waals surface area (Å²) in [7, 11) is 0. The maximum Gasteiger partial charge on any atom is 0.165 e. The molecule has 0 aliphatic heterocycles. The molecule has 192 valence electrons. The van der Waals surface area contributed by atoms with Gasteiger partial charge < -0.3 is 14.2 Å². The summed E-state index contributed by atoms with van der Waals surface area (Å²) in [5.74, 6) is -1.25. The Balaban J connectivity index is 1.28. The monoisotopic (exact) mass is 490 g/mol. The van der Waals surface area contributed by atoms with Gasteiger partial charge in [0.05, 0.1) is 25.4 Å². The van der Waals surface area contributed by atoms with Crippen molar-refractivity contribution in [1.29, 1.82) is 0 Å². The average Bonchev–Trinajstić information content (AvgIpc) is 2.87. The third kappa shape index (κ3) is 6.39. The van der Waals surface area contributed by atoms with Crippen LogP contribution in [-0.2, 0) is 16.1 Å². The van der Waals surface area contributed by atoms with Crippen molar-refractivity contribution < 1.29 is 27.4 Å². The van der Waals surface area contributed by atoms with Gasteiger partial charge in [0.2, 0.25) is 0 Å². The Morgan fingerprint density at radius 1 is 0.714 bits per heavy atom. The summed E-state index contributed by atoms with van der Waals surface area (Å²) in [5, 5.41) is 0. The minimum Gasteiger partial charge on any atom is -0.491 e. The standard InChI is InChI=1S/C29H37F3O3/c1-3-33-23-13-7-20(8-14-23)25-15-9-22(28(31)29(25)32)18-35-24-11-5-19(6-12-24)21-10-16-27(34-4-2)26(30)17-21/h9-10,15-17,19-20,23-24H,3-8,11-14,18H2,1-2H3. The fourth-order valence-electron chi connectivity index (χ4n) is 5.62. The van der Waals surface area contributed by atoms with Gasteiger partial charge in [0.1, 0.15) is 0 Å². The Morgan fingerprint density at radius 3 is 2.00 bits per heavy atom. The SMILES string of the molecule is CCOc1ccc(C2CCC(OCc3ccc(C4CCC(OCC)CC4)c(F)c3F)CC2)cc1F. The molecule has 0 unspecified atom stereocenters. The van der Waals surface area contributed by atoms with E-state index in [2.05, 4.69) is 0 Å². The molecule has 2 aromatic rings. The molecular formula is C29H37F3O3. The summed E-state index contributed by atoms with van der Waals surface area (Å²) in [5.41, 5.74) is 1.72. The van der Waals surface area contributed by atoms with Crippen molar-refractivity contribution in [3.8, 4) is 5.75 Å². The van der Waals surface area contributed by atoms with Crippen molar-refractivity contribution in [3.05, 3.63) is 64.5 Å². The third-order valence-electron chi connectivity index (χ3n) is 7.58. The number of halogens is 3. The maximum atomic E-state index is 14.9. The zero-order chi connectivity index (χ0) is 24.8. The van der Waals surface area contributed by atoms with Gasteiger partial charge >= 0.3 is 0 Å². The van der Waals surface area contributed by atoms with Crippen LogP contribution in [0.4, 0.5) is 13.2 Å². The molecule has 0 saturated heterocycles. The minimum atomic E-state index is -0.784. The van der Waals surface area contributed by atoms with E-state index < -0.39 is 11.6 Å². The Kier molecular flexibility index (Phi) is 9.12. The molecule has 2 aliphatic carbocycles. The fourth-order valence-corrected chi connectivity index (χ4v) is 5.62. The van der Waals surface area contributed by atoms with E-state index in [9.17, 15) is 13.2 Å². The molecule has 35 heavy (non-hydrogen) atoms. The van der Waals surface area contributed by atoms with E-state index >= 15 is 0 Å². The first-order valence-corrected chi connectivity index (χ1v) is 13.1. The van der Waals surface area contributed by atoms with Crippen molar-refractivity contribution >= 4 is 0 Å². The highest BCUT2D eigenvalue weighted by Gasteiger charge is 2.28. The van der Waals surface area contributed by atoms with Gasteiger partial charge in [-0.25, -0.2) is 13.2 Å². The van der Waals surface area contributed by atoms with Gasteiger partial charge in [0.25, 0.3) is 0 Å². The van der Waals surface area contributed by atoms with Gasteiger partial charge in [-0.3, -0.25) is 0 Å². The number of ether oxygens (including phenoxy) is 3. The number of hydrogen-bond donors (Lipinski definition) is 0. The number of rotatable bonds is 9. The first-order valence-electron chi connectivity index (χ1n) is 13.1. The molecule has 2 aliphatic rings. The van der Waals surface area contributed by atoms with Gasteiger partial charge in [-0.2, -0.15) is 0 Å². The molecular weight excluding hydrogens is 453 g/mol. The van der Waals surface area contributed by atoms with E-state index in [1.807, 2.05) is 19.9 Å².